The zero-order chi connectivity index (χ0) is 8.69. The van der Waals surface area contributed by atoms with Gasteiger partial charge >= 0.3 is 5.97 Å². The van der Waals surface area contributed by atoms with Crippen molar-refractivity contribution in [1.29, 1.82) is 0 Å². The first-order valence-electron chi connectivity index (χ1n) is 3.96. The molecule has 0 aromatic heterocycles. The van der Waals surface area contributed by atoms with Crippen LogP contribution in [0.3, 0.4) is 0 Å². The zero-order valence-electron chi connectivity index (χ0n) is 7.17. The Bertz CT molecular complexity index is 115. The normalized spacial score (nSPS) is 12.9. The molecule has 0 fully saturated rings. The highest BCUT2D eigenvalue weighted by molar-refractivity contribution is 7.99. The SMILES string of the molecule is CCSCCC(C)CC(=O)O. The van der Waals surface area contributed by atoms with E-state index < -0.39 is 5.97 Å². The molecule has 66 valence electrons. The summed E-state index contributed by atoms with van der Waals surface area (Å²) in [6.07, 6.45) is 1.33. The molecular formula is C8H16O2S. The maximum atomic E-state index is 10.2. The number of carbonyl (C=O) groups is 1. The van der Waals surface area contributed by atoms with Crippen LogP contribution < -0.4 is 0 Å². The zero-order valence-corrected chi connectivity index (χ0v) is 7.99. The lowest BCUT2D eigenvalue weighted by atomic mass is 10.1. The molecule has 0 aliphatic heterocycles. The molecule has 0 saturated heterocycles. The van der Waals surface area contributed by atoms with Crippen molar-refractivity contribution in [2.45, 2.75) is 26.7 Å². The Morgan fingerprint density at radius 3 is 2.73 bits per heavy atom. The molecule has 0 aromatic carbocycles. The van der Waals surface area contributed by atoms with Crippen LogP contribution in [0.25, 0.3) is 0 Å². The summed E-state index contributed by atoms with van der Waals surface area (Å²) in [4.78, 5) is 10.2. The lowest BCUT2D eigenvalue weighted by molar-refractivity contribution is -0.137. The number of carboxylic acids is 1. The predicted molar refractivity (Wildman–Crippen MR) is 49.0 cm³/mol. The summed E-state index contributed by atoms with van der Waals surface area (Å²) in [7, 11) is 0. The smallest absolute Gasteiger partial charge is 0.303 e. The van der Waals surface area contributed by atoms with Gasteiger partial charge in [-0.05, 0) is 23.8 Å². The summed E-state index contributed by atoms with van der Waals surface area (Å²) in [6.45, 7) is 4.11. The number of rotatable bonds is 6. The van der Waals surface area contributed by atoms with E-state index in [1.54, 1.807) is 0 Å². The fourth-order valence-corrected chi connectivity index (χ4v) is 1.69. The van der Waals surface area contributed by atoms with Crippen LogP contribution in [0.2, 0.25) is 0 Å². The minimum absolute atomic E-state index is 0.310. The monoisotopic (exact) mass is 176 g/mol. The van der Waals surface area contributed by atoms with Crippen LogP contribution in [0, 0.1) is 5.92 Å². The van der Waals surface area contributed by atoms with Crippen molar-refractivity contribution < 1.29 is 9.90 Å². The molecule has 0 saturated carbocycles. The molecule has 0 aromatic rings. The van der Waals surface area contributed by atoms with Gasteiger partial charge in [0.1, 0.15) is 0 Å². The molecule has 2 nitrogen and oxygen atoms in total. The fourth-order valence-electron chi connectivity index (χ4n) is 0.829. The van der Waals surface area contributed by atoms with Crippen LogP contribution in [0.4, 0.5) is 0 Å². The quantitative estimate of drug-likeness (QED) is 0.631. The van der Waals surface area contributed by atoms with Gasteiger partial charge in [-0.3, -0.25) is 4.79 Å². The van der Waals surface area contributed by atoms with E-state index in [2.05, 4.69) is 6.92 Å². The van der Waals surface area contributed by atoms with Crippen LogP contribution in [0.15, 0.2) is 0 Å². The summed E-state index contributed by atoms with van der Waals surface area (Å²) in [5.74, 6) is 1.86. The van der Waals surface area contributed by atoms with Gasteiger partial charge in [-0.1, -0.05) is 13.8 Å². The molecule has 0 aliphatic carbocycles. The standard InChI is InChI=1S/C8H16O2S/c1-3-11-5-4-7(2)6-8(9)10/h7H,3-6H2,1-2H3,(H,9,10). The highest BCUT2D eigenvalue weighted by Gasteiger charge is 2.06. The van der Waals surface area contributed by atoms with Crippen molar-refractivity contribution in [3.8, 4) is 0 Å². The van der Waals surface area contributed by atoms with Gasteiger partial charge in [-0.15, -0.1) is 0 Å². The molecule has 0 spiro atoms. The van der Waals surface area contributed by atoms with Gasteiger partial charge < -0.3 is 5.11 Å². The Labute approximate surface area is 72.4 Å². The summed E-state index contributed by atoms with van der Waals surface area (Å²) >= 11 is 1.87. The molecule has 1 unspecified atom stereocenters. The Hall–Kier alpha value is -0.180. The Balaban J connectivity index is 3.22. The van der Waals surface area contributed by atoms with Crippen molar-refractivity contribution in [1.82, 2.24) is 0 Å². The molecule has 0 radical (unpaired) electrons. The second kappa shape index (κ2) is 6.53. The molecule has 0 rings (SSSR count). The van der Waals surface area contributed by atoms with Crippen LogP contribution >= 0.6 is 11.8 Å². The van der Waals surface area contributed by atoms with Crippen LogP contribution in [-0.4, -0.2) is 22.6 Å². The molecule has 0 heterocycles. The molecular weight excluding hydrogens is 160 g/mol. The van der Waals surface area contributed by atoms with E-state index in [0.29, 0.717) is 12.3 Å². The van der Waals surface area contributed by atoms with Gasteiger partial charge in [0.05, 0.1) is 0 Å². The first kappa shape index (κ1) is 10.8. The highest BCUT2D eigenvalue weighted by Crippen LogP contribution is 2.11. The van der Waals surface area contributed by atoms with Crippen LogP contribution in [0.1, 0.15) is 26.7 Å². The third kappa shape index (κ3) is 7.72. The first-order valence-corrected chi connectivity index (χ1v) is 5.11. The molecule has 3 heteroatoms. The average molecular weight is 176 g/mol. The van der Waals surface area contributed by atoms with Gasteiger partial charge in [0.15, 0.2) is 0 Å². The van der Waals surface area contributed by atoms with E-state index in [0.717, 1.165) is 17.9 Å². The van der Waals surface area contributed by atoms with Gasteiger partial charge in [0, 0.05) is 6.42 Å². The van der Waals surface area contributed by atoms with E-state index in [9.17, 15) is 4.79 Å². The van der Waals surface area contributed by atoms with E-state index in [-0.39, 0.29) is 0 Å². The second-order valence-electron chi connectivity index (χ2n) is 2.69. The van der Waals surface area contributed by atoms with Gasteiger partial charge in [0.25, 0.3) is 0 Å². The number of aliphatic carboxylic acids is 1. The van der Waals surface area contributed by atoms with Gasteiger partial charge in [-0.2, -0.15) is 11.8 Å². The van der Waals surface area contributed by atoms with Gasteiger partial charge in [0.2, 0.25) is 0 Å². The van der Waals surface area contributed by atoms with E-state index >= 15 is 0 Å². The average Bonchev–Trinajstić information content (AvgIpc) is 1.86. The molecule has 0 aliphatic rings. The number of hydrogen-bond donors (Lipinski definition) is 1. The minimum atomic E-state index is -0.681. The van der Waals surface area contributed by atoms with Crippen molar-refractivity contribution >= 4 is 17.7 Å². The van der Waals surface area contributed by atoms with E-state index in [1.165, 1.54) is 0 Å². The van der Waals surface area contributed by atoms with Crippen molar-refractivity contribution in [2.24, 2.45) is 5.92 Å². The second-order valence-corrected chi connectivity index (χ2v) is 4.08. The first-order chi connectivity index (χ1) is 5.16. The van der Waals surface area contributed by atoms with E-state index in [4.69, 9.17) is 5.11 Å². The van der Waals surface area contributed by atoms with Crippen molar-refractivity contribution in [3.63, 3.8) is 0 Å². The van der Waals surface area contributed by atoms with Crippen molar-refractivity contribution in [3.05, 3.63) is 0 Å². The lowest BCUT2D eigenvalue weighted by Crippen LogP contribution is -2.04. The molecule has 0 amide bonds. The summed E-state index contributed by atoms with van der Waals surface area (Å²) in [5.41, 5.74) is 0. The Morgan fingerprint density at radius 1 is 1.64 bits per heavy atom. The van der Waals surface area contributed by atoms with E-state index in [1.807, 2.05) is 18.7 Å². The summed E-state index contributed by atoms with van der Waals surface area (Å²) < 4.78 is 0. The Morgan fingerprint density at radius 2 is 2.27 bits per heavy atom. The van der Waals surface area contributed by atoms with Crippen molar-refractivity contribution in [2.75, 3.05) is 11.5 Å². The van der Waals surface area contributed by atoms with Crippen LogP contribution in [0.5, 0.6) is 0 Å². The van der Waals surface area contributed by atoms with Crippen LogP contribution in [-0.2, 0) is 4.79 Å². The topological polar surface area (TPSA) is 37.3 Å². The number of thioether (sulfide) groups is 1. The number of hydrogen-bond acceptors (Lipinski definition) is 2. The fraction of sp³-hybridized carbons (Fsp3) is 0.875. The summed E-state index contributed by atoms with van der Waals surface area (Å²) in [6, 6.07) is 0. The largest absolute Gasteiger partial charge is 0.481 e. The molecule has 0 bridgehead atoms. The Kier molecular flexibility index (Phi) is 6.42. The van der Waals surface area contributed by atoms with Gasteiger partial charge in [-0.25, -0.2) is 0 Å². The maximum Gasteiger partial charge on any atom is 0.303 e. The molecule has 11 heavy (non-hydrogen) atoms. The number of carboxylic acid groups (broad SMARTS) is 1. The third-order valence-corrected chi connectivity index (χ3v) is 2.41. The molecule has 1 N–H and O–H groups in total. The molecule has 1 atom stereocenters. The summed E-state index contributed by atoms with van der Waals surface area (Å²) in [5, 5.41) is 8.43. The lowest BCUT2D eigenvalue weighted by Gasteiger charge is -2.06. The predicted octanol–water partition coefficient (Wildman–Crippen LogP) is 2.24. The highest BCUT2D eigenvalue weighted by atomic mass is 32.2. The third-order valence-electron chi connectivity index (χ3n) is 1.48. The minimum Gasteiger partial charge on any atom is -0.481 e. The maximum absolute atomic E-state index is 10.2.